The first-order valence-electron chi connectivity index (χ1n) is 5.74. The second kappa shape index (κ2) is 6.50. The molecular weight excluding hydrogens is 348 g/mol. The highest BCUT2D eigenvalue weighted by Crippen LogP contribution is 2.23. The number of carbonyl (C=O) groups excluding carboxylic acids is 1. The standard InChI is InChI=1S/C13H12BrClN2OS/c1-2-17(8-11-3-4-12(15)19-11)13(18)9-5-10(14)7-16-6-9/h3-7H,2,8H2,1H3. The number of carbonyl (C=O) groups is 1. The zero-order chi connectivity index (χ0) is 13.8. The highest BCUT2D eigenvalue weighted by molar-refractivity contribution is 9.10. The Morgan fingerprint density at radius 1 is 1.47 bits per heavy atom. The molecule has 0 aliphatic carbocycles. The van der Waals surface area contributed by atoms with Gasteiger partial charge in [0.1, 0.15) is 0 Å². The van der Waals surface area contributed by atoms with Crippen LogP contribution < -0.4 is 0 Å². The molecule has 3 nitrogen and oxygen atoms in total. The first kappa shape index (κ1) is 14.5. The van der Waals surface area contributed by atoms with Gasteiger partial charge in [-0.1, -0.05) is 11.6 Å². The molecular formula is C13H12BrClN2OS. The van der Waals surface area contributed by atoms with Crippen LogP contribution in [0.4, 0.5) is 0 Å². The fourth-order valence-electron chi connectivity index (χ4n) is 1.66. The number of hydrogen-bond acceptors (Lipinski definition) is 3. The minimum absolute atomic E-state index is 0.0270. The molecule has 2 heterocycles. The average Bonchev–Trinajstić information content (AvgIpc) is 2.81. The number of nitrogens with zero attached hydrogens (tertiary/aromatic N) is 2. The quantitative estimate of drug-likeness (QED) is 0.819. The van der Waals surface area contributed by atoms with Gasteiger partial charge in [-0.2, -0.15) is 0 Å². The molecule has 0 saturated heterocycles. The first-order chi connectivity index (χ1) is 9.10. The Balaban J connectivity index is 2.15. The number of thiophene rings is 1. The zero-order valence-electron chi connectivity index (χ0n) is 10.3. The van der Waals surface area contributed by atoms with Crippen molar-refractivity contribution in [3.63, 3.8) is 0 Å². The van der Waals surface area contributed by atoms with Gasteiger partial charge in [-0.25, -0.2) is 0 Å². The SMILES string of the molecule is CCN(Cc1ccc(Cl)s1)C(=O)c1cncc(Br)c1. The van der Waals surface area contributed by atoms with Gasteiger partial charge in [0, 0.05) is 28.3 Å². The maximum Gasteiger partial charge on any atom is 0.255 e. The molecule has 0 N–H and O–H groups in total. The minimum atomic E-state index is -0.0270. The van der Waals surface area contributed by atoms with Crippen molar-refractivity contribution in [2.75, 3.05) is 6.54 Å². The molecule has 6 heteroatoms. The van der Waals surface area contributed by atoms with Gasteiger partial charge in [0.15, 0.2) is 0 Å². The Morgan fingerprint density at radius 3 is 2.84 bits per heavy atom. The fraction of sp³-hybridized carbons (Fsp3) is 0.231. The van der Waals surface area contributed by atoms with Gasteiger partial charge in [-0.05, 0) is 41.1 Å². The van der Waals surface area contributed by atoms with Crippen LogP contribution in [0.1, 0.15) is 22.2 Å². The molecule has 0 saturated carbocycles. The predicted octanol–water partition coefficient (Wildman–Crippen LogP) is 4.22. The van der Waals surface area contributed by atoms with Crippen LogP contribution in [0.25, 0.3) is 0 Å². The van der Waals surface area contributed by atoms with Crippen molar-refractivity contribution in [2.45, 2.75) is 13.5 Å². The summed E-state index contributed by atoms with van der Waals surface area (Å²) in [6, 6.07) is 5.57. The molecule has 0 spiro atoms. The number of aromatic nitrogens is 1. The zero-order valence-corrected chi connectivity index (χ0v) is 13.4. The van der Waals surface area contributed by atoms with Gasteiger partial charge in [0.2, 0.25) is 0 Å². The molecule has 0 bridgehead atoms. The normalized spacial score (nSPS) is 10.5. The van der Waals surface area contributed by atoms with E-state index in [4.69, 9.17) is 11.6 Å². The summed E-state index contributed by atoms with van der Waals surface area (Å²) in [5, 5.41) is 0. The summed E-state index contributed by atoms with van der Waals surface area (Å²) in [6.45, 7) is 3.17. The van der Waals surface area contributed by atoms with Crippen LogP contribution in [-0.2, 0) is 6.54 Å². The van der Waals surface area contributed by atoms with Crippen LogP contribution in [0.3, 0.4) is 0 Å². The summed E-state index contributed by atoms with van der Waals surface area (Å²) in [4.78, 5) is 19.2. The van der Waals surface area contributed by atoms with Gasteiger partial charge in [0.05, 0.1) is 16.4 Å². The van der Waals surface area contributed by atoms with Crippen LogP contribution in [0.5, 0.6) is 0 Å². The maximum atomic E-state index is 12.4. The Kier molecular flexibility index (Phi) is 4.96. The molecule has 0 fully saturated rings. The summed E-state index contributed by atoms with van der Waals surface area (Å²) in [6.07, 6.45) is 3.24. The third-order valence-electron chi connectivity index (χ3n) is 2.60. The lowest BCUT2D eigenvalue weighted by molar-refractivity contribution is 0.0753. The van der Waals surface area contributed by atoms with E-state index in [-0.39, 0.29) is 5.91 Å². The summed E-state index contributed by atoms with van der Waals surface area (Å²) in [7, 11) is 0. The molecule has 2 aromatic rings. The summed E-state index contributed by atoms with van der Waals surface area (Å²) >= 11 is 10.7. The van der Waals surface area contributed by atoms with E-state index in [1.54, 1.807) is 23.4 Å². The molecule has 0 aliphatic heterocycles. The maximum absolute atomic E-state index is 12.4. The molecule has 1 amide bonds. The third-order valence-corrected chi connectivity index (χ3v) is 4.25. The molecule has 0 atom stereocenters. The molecule has 0 radical (unpaired) electrons. The second-order valence-electron chi connectivity index (χ2n) is 3.92. The molecule has 2 aromatic heterocycles. The van der Waals surface area contributed by atoms with Gasteiger partial charge >= 0.3 is 0 Å². The van der Waals surface area contributed by atoms with Gasteiger partial charge < -0.3 is 4.90 Å². The Bertz CT molecular complexity index is 588. The van der Waals surface area contributed by atoms with Crippen molar-refractivity contribution in [1.29, 1.82) is 0 Å². The van der Waals surface area contributed by atoms with Crippen molar-refractivity contribution >= 4 is 44.8 Å². The van der Waals surface area contributed by atoms with Crippen molar-refractivity contribution in [2.24, 2.45) is 0 Å². The van der Waals surface area contributed by atoms with E-state index in [9.17, 15) is 4.79 Å². The molecule has 100 valence electrons. The highest BCUT2D eigenvalue weighted by atomic mass is 79.9. The molecule has 19 heavy (non-hydrogen) atoms. The Morgan fingerprint density at radius 2 is 2.26 bits per heavy atom. The van der Waals surface area contributed by atoms with E-state index < -0.39 is 0 Å². The Hall–Kier alpha value is -0.910. The number of hydrogen-bond donors (Lipinski definition) is 0. The predicted molar refractivity (Wildman–Crippen MR) is 81.7 cm³/mol. The van der Waals surface area contributed by atoms with Gasteiger partial charge in [-0.15, -0.1) is 11.3 Å². The number of amides is 1. The average molecular weight is 360 g/mol. The van der Waals surface area contributed by atoms with Crippen LogP contribution in [0.2, 0.25) is 4.34 Å². The number of pyridine rings is 1. The van der Waals surface area contributed by atoms with Crippen LogP contribution in [-0.4, -0.2) is 22.3 Å². The van der Waals surface area contributed by atoms with E-state index in [0.29, 0.717) is 18.7 Å². The van der Waals surface area contributed by atoms with E-state index in [1.165, 1.54) is 11.3 Å². The van der Waals surface area contributed by atoms with Crippen molar-refractivity contribution in [3.05, 3.63) is 49.8 Å². The molecule has 0 unspecified atom stereocenters. The monoisotopic (exact) mass is 358 g/mol. The van der Waals surface area contributed by atoms with Gasteiger partial charge in [0.25, 0.3) is 5.91 Å². The van der Waals surface area contributed by atoms with Gasteiger partial charge in [-0.3, -0.25) is 9.78 Å². The fourth-order valence-corrected chi connectivity index (χ4v) is 3.13. The number of halogens is 2. The summed E-state index contributed by atoms with van der Waals surface area (Å²) in [5.41, 5.74) is 0.582. The lowest BCUT2D eigenvalue weighted by atomic mass is 10.2. The summed E-state index contributed by atoms with van der Waals surface area (Å²) in [5.74, 6) is -0.0270. The molecule has 0 aromatic carbocycles. The smallest absolute Gasteiger partial charge is 0.255 e. The first-order valence-corrected chi connectivity index (χ1v) is 7.73. The van der Waals surface area contributed by atoms with E-state index in [2.05, 4.69) is 20.9 Å². The molecule has 2 rings (SSSR count). The lowest BCUT2D eigenvalue weighted by Gasteiger charge is -2.20. The second-order valence-corrected chi connectivity index (χ2v) is 6.63. The van der Waals surface area contributed by atoms with E-state index in [1.807, 2.05) is 19.1 Å². The van der Waals surface area contributed by atoms with Crippen LogP contribution in [0.15, 0.2) is 35.1 Å². The van der Waals surface area contributed by atoms with E-state index in [0.717, 1.165) is 13.7 Å². The summed E-state index contributed by atoms with van der Waals surface area (Å²) < 4.78 is 1.54. The largest absolute Gasteiger partial charge is 0.334 e. The van der Waals surface area contributed by atoms with Crippen molar-refractivity contribution < 1.29 is 4.79 Å². The van der Waals surface area contributed by atoms with Crippen molar-refractivity contribution in [3.8, 4) is 0 Å². The Labute approximate surface area is 129 Å². The van der Waals surface area contributed by atoms with Crippen LogP contribution in [0, 0.1) is 0 Å². The minimum Gasteiger partial charge on any atom is -0.334 e. The third kappa shape index (κ3) is 3.78. The van der Waals surface area contributed by atoms with Crippen LogP contribution >= 0.6 is 38.9 Å². The number of rotatable bonds is 4. The lowest BCUT2D eigenvalue weighted by Crippen LogP contribution is -2.30. The van der Waals surface area contributed by atoms with E-state index >= 15 is 0 Å². The van der Waals surface area contributed by atoms with Crippen molar-refractivity contribution in [1.82, 2.24) is 9.88 Å². The molecule has 0 aliphatic rings. The topological polar surface area (TPSA) is 33.2 Å². The highest BCUT2D eigenvalue weighted by Gasteiger charge is 2.16.